The van der Waals surface area contributed by atoms with Gasteiger partial charge in [-0.1, -0.05) is 68.3 Å². The van der Waals surface area contributed by atoms with Crippen molar-refractivity contribution in [2.75, 3.05) is 0 Å². The molecule has 6 aromatic carbocycles. The van der Waals surface area contributed by atoms with E-state index in [2.05, 4.69) is 122 Å². The van der Waals surface area contributed by atoms with Crippen molar-refractivity contribution in [3.05, 3.63) is 93.9 Å². The van der Waals surface area contributed by atoms with E-state index in [9.17, 15) is 0 Å². The second-order valence-corrected chi connectivity index (χ2v) is 9.99. The van der Waals surface area contributed by atoms with Crippen LogP contribution in [0.2, 0.25) is 0 Å². The lowest BCUT2D eigenvalue weighted by Gasteiger charge is -2.13. The number of nitrogens with one attached hydrogen (secondary N) is 1. The van der Waals surface area contributed by atoms with E-state index in [1.165, 1.54) is 64.9 Å². The van der Waals surface area contributed by atoms with Gasteiger partial charge in [-0.05, 0) is 91.6 Å². The van der Waals surface area contributed by atoms with Gasteiger partial charge in [-0.3, -0.25) is 0 Å². The molecule has 0 amide bonds. The number of H-pyrrole nitrogens is 1. The minimum absolute atomic E-state index is 1.10. The quantitative estimate of drug-likeness (QED) is 0.150. The predicted molar refractivity (Wildman–Crippen MR) is 141 cm³/mol. The first kappa shape index (κ1) is 17.8. The molecule has 31 heavy (non-hydrogen) atoms. The van der Waals surface area contributed by atoms with Crippen LogP contribution in [0.1, 0.15) is 0 Å². The highest BCUT2D eigenvalue weighted by Gasteiger charge is 2.13. The first-order valence-electron chi connectivity index (χ1n) is 10.2. The summed E-state index contributed by atoms with van der Waals surface area (Å²) >= 11 is 7.35. The second-order valence-electron chi connectivity index (χ2n) is 8.16. The highest BCUT2D eigenvalue weighted by Crippen LogP contribution is 2.41. The van der Waals surface area contributed by atoms with Crippen LogP contribution in [0.5, 0.6) is 0 Å². The lowest BCUT2D eigenvalue weighted by Crippen LogP contribution is -1.85. The van der Waals surface area contributed by atoms with E-state index in [1.54, 1.807) is 0 Å². The molecule has 1 N–H and O–H groups in total. The summed E-state index contributed by atoms with van der Waals surface area (Å²) in [6, 6.07) is 31.0. The van der Waals surface area contributed by atoms with Gasteiger partial charge in [-0.2, -0.15) is 0 Å². The molecule has 0 saturated carbocycles. The number of halogens is 2. The molecular formula is C28H15Br2N. The van der Waals surface area contributed by atoms with Gasteiger partial charge in [0, 0.05) is 30.8 Å². The van der Waals surface area contributed by atoms with Crippen LogP contribution in [0.15, 0.2) is 93.9 Å². The predicted octanol–water partition coefficient (Wildman–Crippen LogP) is 9.46. The zero-order valence-corrected chi connectivity index (χ0v) is 19.5. The van der Waals surface area contributed by atoms with Crippen LogP contribution in [-0.4, -0.2) is 4.98 Å². The van der Waals surface area contributed by atoms with Crippen molar-refractivity contribution in [3.8, 4) is 0 Å². The van der Waals surface area contributed by atoms with Gasteiger partial charge in [0.05, 0.1) is 0 Å². The lowest BCUT2D eigenvalue weighted by molar-refractivity contribution is 1.55. The molecule has 7 aromatic rings. The Hall–Kier alpha value is -2.88. The van der Waals surface area contributed by atoms with Crippen LogP contribution in [0.4, 0.5) is 0 Å². The lowest BCUT2D eigenvalue weighted by atomic mass is 9.91. The molecule has 0 spiro atoms. The van der Waals surface area contributed by atoms with Gasteiger partial charge in [0.15, 0.2) is 0 Å². The maximum absolute atomic E-state index is 3.68. The zero-order valence-electron chi connectivity index (χ0n) is 16.3. The summed E-state index contributed by atoms with van der Waals surface area (Å²) < 4.78 is 2.20. The van der Waals surface area contributed by atoms with Crippen molar-refractivity contribution in [2.24, 2.45) is 0 Å². The van der Waals surface area contributed by atoms with Crippen LogP contribution in [0.25, 0.3) is 64.9 Å². The van der Waals surface area contributed by atoms with Gasteiger partial charge in [0.1, 0.15) is 0 Å². The van der Waals surface area contributed by atoms with E-state index in [-0.39, 0.29) is 0 Å². The fraction of sp³-hybridized carbons (Fsp3) is 0. The van der Waals surface area contributed by atoms with Gasteiger partial charge in [-0.25, -0.2) is 0 Å². The highest BCUT2D eigenvalue weighted by molar-refractivity contribution is 9.10. The molecule has 1 aromatic heterocycles. The topological polar surface area (TPSA) is 15.8 Å². The number of rotatable bonds is 0. The third kappa shape index (κ3) is 2.48. The number of fused-ring (bicyclic) bond motifs is 11. The Balaban J connectivity index is 1.77. The molecule has 146 valence electrons. The SMILES string of the molecule is Brc1ccc2c(c1)c1cc(Br)ccc1c1cc3c(ccc4[nH]c5ccccc5c43)cc21. The van der Waals surface area contributed by atoms with E-state index < -0.39 is 0 Å². The molecule has 0 aliphatic heterocycles. The third-order valence-corrected chi connectivity index (χ3v) is 7.44. The largest absolute Gasteiger partial charge is 0.354 e. The number of hydrogen-bond acceptors (Lipinski definition) is 0. The molecule has 7 rings (SSSR count). The maximum Gasteiger partial charge on any atom is 0.0471 e. The Morgan fingerprint density at radius 3 is 1.84 bits per heavy atom. The summed E-state index contributed by atoms with van der Waals surface area (Å²) in [5, 5.41) is 12.8. The Labute approximate surface area is 194 Å². The first-order chi connectivity index (χ1) is 15.2. The molecule has 0 unspecified atom stereocenters. The molecule has 0 radical (unpaired) electrons. The fourth-order valence-corrected chi connectivity index (χ4v) is 5.84. The van der Waals surface area contributed by atoms with Gasteiger partial charge in [0.25, 0.3) is 0 Å². The minimum atomic E-state index is 1.10. The van der Waals surface area contributed by atoms with Crippen molar-refractivity contribution in [1.29, 1.82) is 0 Å². The van der Waals surface area contributed by atoms with Gasteiger partial charge < -0.3 is 4.98 Å². The van der Waals surface area contributed by atoms with Crippen molar-refractivity contribution in [2.45, 2.75) is 0 Å². The van der Waals surface area contributed by atoms with Crippen LogP contribution < -0.4 is 0 Å². The molecule has 0 saturated heterocycles. The summed E-state index contributed by atoms with van der Waals surface area (Å²) in [6.07, 6.45) is 0. The number of aromatic nitrogens is 1. The second kappa shape index (κ2) is 6.32. The van der Waals surface area contributed by atoms with Crippen molar-refractivity contribution in [3.63, 3.8) is 0 Å². The van der Waals surface area contributed by atoms with E-state index in [4.69, 9.17) is 0 Å². The first-order valence-corrected chi connectivity index (χ1v) is 11.8. The number of benzene rings is 6. The smallest absolute Gasteiger partial charge is 0.0471 e. The van der Waals surface area contributed by atoms with Crippen molar-refractivity contribution in [1.82, 2.24) is 4.98 Å². The van der Waals surface area contributed by atoms with Crippen LogP contribution in [-0.2, 0) is 0 Å². The summed E-state index contributed by atoms with van der Waals surface area (Å²) in [6.45, 7) is 0. The number of para-hydroxylation sites is 1. The summed E-state index contributed by atoms with van der Waals surface area (Å²) in [4.78, 5) is 3.59. The monoisotopic (exact) mass is 523 g/mol. The third-order valence-electron chi connectivity index (χ3n) is 6.46. The Morgan fingerprint density at radius 2 is 1.10 bits per heavy atom. The highest BCUT2D eigenvalue weighted by atomic mass is 79.9. The van der Waals surface area contributed by atoms with E-state index >= 15 is 0 Å². The molecule has 1 heterocycles. The molecule has 0 fully saturated rings. The summed E-state index contributed by atoms with van der Waals surface area (Å²) in [7, 11) is 0. The van der Waals surface area contributed by atoms with E-state index in [1.807, 2.05) is 0 Å². The van der Waals surface area contributed by atoms with Crippen LogP contribution >= 0.6 is 31.9 Å². The summed E-state index contributed by atoms with van der Waals surface area (Å²) in [5.41, 5.74) is 2.37. The molecule has 1 nitrogen and oxygen atoms in total. The summed E-state index contributed by atoms with van der Waals surface area (Å²) in [5.74, 6) is 0. The Kier molecular flexibility index (Phi) is 3.62. The van der Waals surface area contributed by atoms with E-state index in [0.717, 1.165) is 8.95 Å². The standard InChI is InChI=1S/C28H15Br2N/c29-16-6-8-18-22-11-15-5-10-27-28(20-3-1-2-4-26(20)31-27)21(15)14-25(22)19-9-7-17(30)13-24(19)23(18)12-16/h1-14,31H. The maximum atomic E-state index is 3.68. The normalized spacial score (nSPS) is 12.2. The van der Waals surface area contributed by atoms with Gasteiger partial charge in [0.2, 0.25) is 0 Å². The average Bonchev–Trinajstić information content (AvgIpc) is 3.17. The molecule has 0 aliphatic carbocycles. The molecule has 3 heteroatoms. The fourth-order valence-electron chi connectivity index (χ4n) is 5.12. The van der Waals surface area contributed by atoms with Gasteiger partial charge in [-0.15, -0.1) is 0 Å². The van der Waals surface area contributed by atoms with Gasteiger partial charge >= 0.3 is 0 Å². The van der Waals surface area contributed by atoms with Crippen LogP contribution in [0.3, 0.4) is 0 Å². The molecule has 0 aliphatic rings. The number of hydrogen-bond donors (Lipinski definition) is 1. The van der Waals surface area contributed by atoms with Crippen LogP contribution in [0, 0.1) is 0 Å². The molecule has 0 bridgehead atoms. The molecular weight excluding hydrogens is 510 g/mol. The minimum Gasteiger partial charge on any atom is -0.354 e. The van der Waals surface area contributed by atoms with Crippen molar-refractivity contribution >= 4 is 96.8 Å². The Morgan fingerprint density at radius 1 is 0.452 bits per heavy atom. The van der Waals surface area contributed by atoms with E-state index in [0.29, 0.717) is 0 Å². The Bertz CT molecular complexity index is 1860. The average molecular weight is 525 g/mol. The zero-order chi connectivity index (χ0) is 20.7. The van der Waals surface area contributed by atoms with Crippen molar-refractivity contribution < 1.29 is 0 Å². The number of aromatic amines is 1. The molecule has 0 atom stereocenters.